The highest BCUT2D eigenvalue weighted by molar-refractivity contribution is 6.18. The molecule has 0 N–H and O–H groups in total. The van der Waals surface area contributed by atoms with Gasteiger partial charge < -0.3 is 4.42 Å². The summed E-state index contributed by atoms with van der Waals surface area (Å²) in [6.45, 7) is 0. The third-order valence-corrected chi connectivity index (χ3v) is 7.05. The fourth-order valence-electron chi connectivity index (χ4n) is 5.00. The molecule has 210 valence electrons. The van der Waals surface area contributed by atoms with Gasteiger partial charge in [-0.1, -0.05) is 139 Å². The predicted molar refractivity (Wildman–Crippen MR) is 184 cm³/mol. The molecule has 4 heteroatoms. The van der Waals surface area contributed by atoms with E-state index in [-0.39, 0.29) is 38.5 Å². The van der Waals surface area contributed by atoms with Crippen LogP contribution in [0.15, 0.2) is 156 Å². The SMILES string of the molecule is [2H]c1c([2H])c(-c2c([2H])c([2H])c([2H])c3c([2H])c([2H])c([2H])c([2H])c23)c([2H])c([2H])c1-c1nc(-c2ccccc2)nc(-c2c([2H])c([2H])c([2H])c3oc4c5c([2H])c([2H])c([2H])c([2H])c5c([2H])c([2H])c4c23)n1. The second kappa shape index (κ2) is 10.2. The van der Waals surface area contributed by atoms with Crippen LogP contribution in [-0.4, -0.2) is 15.0 Å². The second-order valence-corrected chi connectivity index (χ2v) is 9.68. The molecular weight excluding hydrogens is 550 g/mol. The first-order valence-corrected chi connectivity index (χ1v) is 13.4. The Bertz CT molecular complexity index is 3630. The average molecular weight is 596 g/mol. The summed E-state index contributed by atoms with van der Waals surface area (Å²) in [6.07, 6.45) is 0. The van der Waals surface area contributed by atoms with Gasteiger partial charge in [0.25, 0.3) is 0 Å². The van der Waals surface area contributed by atoms with Crippen LogP contribution in [0.1, 0.15) is 27.4 Å². The molecule has 0 atom stereocenters. The molecule has 0 aliphatic rings. The number of hydrogen-bond donors (Lipinski definition) is 0. The van der Waals surface area contributed by atoms with Gasteiger partial charge in [0, 0.05) is 32.8 Å². The predicted octanol–water partition coefficient (Wildman–Crippen LogP) is 10.7. The summed E-state index contributed by atoms with van der Waals surface area (Å²) >= 11 is 0. The summed E-state index contributed by atoms with van der Waals surface area (Å²) in [4.78, 5) is 13.6. The molecule has 4 nitrogen and oxygen atoms in total. The summed E-state index contributed by atoms with van der Waals surface area (Å²) in [5.74, 6) is -1.17. The molecule has 45 heavy (non-hydrogen) atoms. The molecule has 2 aromatic heterocycles. The smallest absolute Gasteiger partial charge is 0.164 e. The lowest BCUT2D eigenvalue weighted by molar-refractivity contribution is 0.672. The maximum Gasteiger partial charge on any atom is 0.164 e. The Balaban J connectivity index is 1.41. The van der Waals surface area contributed by atoms with Gasteiger partial charge in [0.2, 0.25) is 0 Å². The van der Waals surface area contributed by atoms with Gasteiger partial charge in [0.1, 0.15) is 11.2 Å². The van der Waals surface area contributed by atoms with E-state index in [0.717, 1.165) is 0 Å². The Hall–Kier alpha value is -6.13. The van der Waals surface area contributed by atoms with Crippen molar-refractivity contribution in [2.75, 3.05) is 0 Å². The largest absolute Gasteiger partial charge is 0.455 e. The lowest BCUT2D eigenvalue weighted by Crippen LogP contribution is -2.00. The number of benzene rings is 7. The third kappa shape index (κ3) is 4.27. The van der Waals surface area contributed by atoms with Crippen molar-refractivity contribution in [2.24, 2.45) is 0 Å². The minimum absolute atomic E-state index is 0.166. The van der Waals surface area contributed by atoms with Crippen LogP contribution >= 0.6 is 0 Å². The lowest BCUT2D eigenvalue weighted by atomic mass is 9.97. The van der Waals surface area contributed by atoms with Crippen LogP contribution < -0.4 is 0 Å². The number of nitrogens with zero attached hydrogens (tertiary/aromatic N) is 3. The zero-order valence-corrected chi connectivity index (χ0v) is 22.6. The molecule has 9 aromatic rings. The number of fused-ring (bicyclic) bond motifs is 6. The van der Waals surface area contributed by atoms with E-state index in [2.05, 4.69) is 15.0 Å². The highest BCUT2D eigenvalue weighted by Gasteiger charge is 2.19. The first-order valence-electron chi connectivity index (χ1n) is 23.4. The molecule has 0 radical (unpaired) electrons. The quantitative estimate of drug-likeness (QED) is 0.203. The van der Waals surface area contributed by atoms with E-state index < -0.39 is 166 Å². The average Bonchev–Trinajstić information content (AvgIpc) is 3.69. The number of hydrogen-bond acceptors (Lipinski definition) is 4. The van der Waals surface area contributed by atoms with Gasteiger partial charge >= 0.3 is 0 Å². The van der Waals surface area contributed by atoms with Crippen LogP contribution in [0.25, 0.3) is 88.8 Å². The van der Waals surface area contributed by atoms with Gasteiger partial charge in [0.05, 0.1) is 27.4 Å². The zero-order valence-electron chi connectivity index (χ0n) is 42.6. The number of rotatable bonds is 4. The zero-order chi connectivity index (χ0) is 47.1. The van der Waals surface area contributed by atoms with E-state index >= 15 is 0 Å². The Kier molecular flexibility index (Phi) is 2.84. The van der Waals surface area contributed by atoms with Crippen molar-refractivity contribution >= 4 is 43.5 Å². The van der Waals surface area contributed by atoms with Gasteiger partial charge in [-0.15, -0.1) is 0 Å². The number of aromatic nitrogens is 3. The molecule has 0 spiro atoms. The van der Waals surface area contributed by atoms with Crippen LogP contribution in [0.5, 0.6) is 0 Å². The molecule has 0 unspecified atom stereocenters. The molecule has 0 bridgehead atoms. The standard InChI is InChI=1S/C41H25N3O/c1-2-12-29(13-3-1)39-42-40(30-22-20-28(21-23-30)32-17-8-14-26-10-4-6-15-31(26)32)44-41(43-39)35-18-9-19-36-37(35)34-25-24-27-11-5-7-16-33(27)38(34)45-36/h1-25H/i4D,5D,6D,7D,8D,9D,10D,11D,14D,15D,16D,17D,18D,19D,20D,21D,22D,23D,24D,25D. The van der Waals surface area contributed by atoms with Crippen LogP contribution in [0, 0.1) is 0 Å². The van der Waals surface area contributed by atoms with Gasteiger partial charge in [-0.05, 0) is 39.4 Å². The Morgan fingerprint density at radius 2 is 1.07 bits per heavy atom. The third-order valence-electron chi connectivity index (χ3n) is 7.05. The monoisotopic (exact) mass is 595 g/mol. The fraction of sp³-hybridized carbons (Fsp3) is 0. The van der Waals surface area contributed by atoms with Crippen molar-refractivity contribution in [3.63, 3.8) is 0 Å². The van der Waals surface area contributed by atoms with Crippen molar-refractivity contribution < 1.29 is 31.8 Å². The van der Waals surface area contributed by atoms with Gasteiger partial charge in [0.15, 0.2) is 17.5 Å². The molecule has 0 aliphatic carbocycles. The number of furan rings is 1. The van der Waals surface area contributed by atoms with Crippen LogP contribution in [0.2, 0.25) is 0 Å². The summed E-state index contributed by atoms with van der Waals surface area (Å²) in [6, 6.07) is -6.44. The first kappa shape index (κ1) is 12.5. The van der Waals surface area contributed by atoms with Crippen LogP contribution in [0.3, 0.4) is 0 Å². The summed E-state index contributed by atoms with van der Waals surface area (Å²) in [5, 5.41) is -2.13. The van der Waals surface area contributed by atoms with Crippen LogP contribution in [-0.2, 0) is 0 Å². The van der Waals surface area contributed by atoms with Gasteiger partial charge in [-0.3, -0.25) is 0 Å². The minimum Gasteiger partial charge on any atom is -0.455 e. The van der Waals surface area contributed by atoms with Crippen molar-refractivity contribution in [1.82, 2.24) is 15.0 Å². The van der Waals surface area contributed by atoms with E-state index in [0.29, 0.717) is 5.56 Å². The van der Waals surface area contributed by atoms with Crippen molar-refractivity contribution in [3.8, 4) is 45.3 Å². The Morgan fingerprint density at radius 1 is 0.444 bits per heavy atom. The highest BCUT2D eigenvalue weighted by atomic mass is 16.3. The first-order chi connectivity index (χ1) is 30.6. The fourth-order valence-corrected chi connectivity index (χ4v) is 5.00. The molecule has 0 saturated carbocycles. The Labute approximate surface area is 287 Å². The molecular formula is C41H25N3O. The molecule has 0 aliphatic heterocycles. The van der Waals surface area contributed by atoms with E-state index in [1.54, 1.807) is 30.3 Å². The van der Waals surface area contributed by atoms with E-state index in [1.807, 2.05) is 0 Å². The minimum atomic E-state index is -0.849. The highest BCUT2D eigenvalue weighted by Crippen LogP contribution is 2.39. The van der Waals surface area contributed by atoms with Crippen molar-refractivity contribution in [1.29, 1.82) is 0 Å². The molecule has 2 heterocycles. The van der Waals surface area contributed by atoms with Crippen LogP contribution in [0.4, 0.5) is 0 Å². The van der Waals surface area contributed by atoms with E-state index in [9.17, 15) is 6.85 Å². The topological polar surface area (TPSA) is 51.8 Å². The van der Waals surface area contributed by atoms with Crippen molar-refractivity contribution in [2.45, 2.75) is 0 Å². The molecule has 7 aromatic carbocycles. The lowest BCUT2D eigenvalue weighted by Gasteiger charge is -2.10. The molecule has 9 rings (SSSR count). The summed E-state index contributed by atoms with van der Waals surface area (Å²) in [5.41, 5.74) is -2.59. The van der Waals surface area contributed by atoms with Gasteiger partial charge in [-0.2, -0.15) is 0 Å². The second-order valence-electron chi connectivity index (χ2n) is 9.68. The maximum atomic E-state index is 9.27. The van der Waals surface area contributed by atoms with E-state index in [4.69, 9.17) is 25.0 Å². The normalized spacial score (nSPS) is 17.8. The van der Waals surface area contributed by atoms with Crippen molar-refractivity contribution in [3.05, 3.63) is 151 Å². The molecule has 0 saturated heterocycles. The Morgan fingerprint density at radius 3 is 1.89 bits per heavy atom. The maximum absolute atomic E-state index is 9.27. The van der Waals surface area contributed by atoms with E-state index in [1.165, 1.54) is 0 Å². The molecule has 0 amide bonds. The summed E-state index contributed by atoms with van der Waals surface area (Å²) in [7, 11) is 0. The summed E-state index contributed by atoms with van der Waals surface area (Å²) < 4.78 is 181. The van der Waals surface area contributed by atoms with Gasteiger partial charge in [-0.25, -0.2) is 15.0 Å². The molecule has 0 fully saturated rings.